The molecule has 3 rings (SSSR count). The van der Waals surface area contributed by atoms with Gasteiger partial charge in [-0.1, -0.05) is 30.3 Å². The van der Waals surface area contributed by atoms with Gasteiger partial charge in [-0.2, -0.15) is 0 Å². The summed E-state index contributed by atoms with van der Waals surface area (Å²) in [7, 11) is 1.65. The van der Waals surface area contributed by atoms with Gasteiger partial charge in [-0.15, -0.1) is 0 Å². The molecule has 0 amide bonds. The molecule has 0 spiro atoms. The summed E-state index contributed by atoms with van der Waals surface area (Å²) in [5, 5.41) is 10.6. The van der Waals surface area contributed by atoms with Crippen LogP contribution in [-0.4, -0.2) is 16.8 Å². The van der Waals surface area contributed by atoms with E-state index in [1.54, 1.807) is 7.11 Å². The second-order valence-electron chi connectivity index (χ2n) is 4.81. The second kappa shape index (κ2) is 5.39. The Bertz CT molecular complexity index is 716. The topological polar surface area (TPSA) is 34.4 Å². The minimum Gasteiger partial charge on any atom is -0.497 e. The zero-order valence-electron chi connectivity index (χ0n) is 11.4. The van der Waals surface area contributed by atoms with Gasteiger partial charge in [-0.25, -0.2) is 0 Å². The van der Waals surface area contributed by atoms with Crippen LogP contribution < -0.4 is 4.74 Å². The normalized spacial score (nSPS) is 10.9. The number of aliphatic hydroxyl groups excluding tert-OH is 1. The maximum absolute atomic E-state index is 9.52. The van der Waals surface area contributed by atoms with Crippen molar-refractivity contribution in [2.75, 3.05) is 7.11 Å². The Labute approximate surface area is 118 Å². The SMILES string of the molecule is COc1ccc2c(c1)c(CO)cn2Cc1ccccc1. The van der Waals surface area contributed by atoms with Crippen LogP contribution in [0.3, 0.4) is 0 Å². The van der Waals surface area contributed by atoms with E-state index in [-0.39, 0.29) is 6.61 Å². The molecular formula is C17H17NO2. The largest absolute Gasteiger partial charge is 0.497 e. The average molecular weight is 267 g/mol. The van der Waals surface area contributed by atoms with Crippen molar-refractivity contribution < 1.29 is 9.84 Å². The van der Waals surface area contributed by atoms with Gasteiger partial charge in [0.15, 0.2) is 0 Å². The fraction of sp³-hybridized carbons (Fsp3) is 0.176. The lowest BCUT2D eigenvalue weighted by atomic mass is 10.2. The Morgan fingerprint density at radius 1 is 1.10 bits per heavy atom. The van der Waals surface area contributed by atoms with Gasteiger partial charge in [0.2, 0.25) is 0 Å². The molecule has 2 aromatic carbocycles. The van der Waals surface area contributed by atoms with E-state index in [1.165, 1.54) is 5.56 Å². The molecule has 0 bridgehead atoms. The van der Waals surface area contributed by atoms with Crippen LogP contribution in [-0.2, 0) is 13.2 Å². The fourth-order valence-corrected chi connectivity index (χ4v) is 2.51. The summed E-state index contributed by atoms with van der Waals surface area (Å²) >= 11 is 0. The minimum absolute atomic E-state index is 0.0332. The first kappa shape index (κ1) is 12.8. The highest BCUT2D eigenvalue weighted by Gasteiger charge is 2.09. The van der Waals surface area contributed by atoms with Gasteiger partial charge in [-0.3, -0.25) is 0 Å². The molecule has 0 aliphatic carbocycles. The standard InChI is InChI=1S/C17H17NO2/c1-20-15-7-8-17-16(9-15)14(12-19)11-18(17)10-13-5-3-2-4-6-13/h2-9,11,19H,10,12H2,1H3. The summed E-state index contributed by atoms with van der Waals surface area (Å²) < 4.78 is 7.42. The first-order valence-electron chi connectivity index (χ1n) is 6.62. The zero-order chi connectivity index (χ0) is 13.9. The van der Waals surface area contributed by atoms with Gasteiger partial charge in [0.25, 0.3) is 0 Å². The molecule has 3 heteroatoms. The number of aliphatic hydroxyl groups is 1. The molecule has 20 heavy (non-hydrogen) atoms. The molecule has 0 fully saturated rings. The Hall–Kier alpha value is -2.26. The number of aromatic nitrogens is 1. The number of nitrogens with zero attached hydrogens (tertiary/aromatic N) is 1. The molecule has 0 aliphatic rings. The Kier molecular flexibility index (Phi) is 3.44. The van der Waals surface area contributed by atoms with Gasteiger partial charge >= 0.3 is 0 Å². The summed E-state index contributed by atoms with van der Waals surface area (Å²) in [6.07, 6.45) is 2.01. The number of ether oxygens (including phenoxy) is 1. The van der Waals surface area contributed by atoms with E-state index in [4.69, 9.17) is 4.74 Å². The number of fused-ring (bicyclic) bond motifs is 1. The lowest BCUT2D eigenvalue weighted by molar-refractivity contribution is 0.283. The van der Waals surface area contributed by atoms with E-state index in [9.17, 15) is 5.11 Å². The monoisotopic (exact) mass is 267 g/mol. The predicted molar refractivity (Wildman–Crippen MR) is 80.0 cm³/mol. The van der Waals surface area contributed by atoms with Crippen LogP contribution in [0, 0.1) is 0 Å². The first-order chi connectivity index (χ1) is 9.81. The zero-order valence-corrected chi connectivity index (χ0v) is 11.4. The van der Waals surface area contributed by atoms with Crippen LogP contribution in [0.2, 0.25) is 0 Å². The molecule has 0 saturated carbocycles. The molecular weight excluding hydrogens is 250 g/mol. The maximum atomic E-state index is 9.52. The van der Waals surface area contributed by atoms with Gasteiger partial charge < -0.3 is 14.4 Å². The Morgan fingerprint density at radius 2 is 1.90 bits per heavy atom. The van der Waals surface area contributed by atoms with E-state index in [0.29, 0.717) is 0 Å². The molecule has 0 aliphatic heterocycles. The summed E-state index contributed by atoms with van der Waals surface area (Å²) in [5.41, 5.74) is 3.28. The van der Waals surface area contributed by atoms with Crippen LogP contribution in [0.1, 0.15) is 11.1 Å². The highest BCUT2D eigenvalue weighted by Crippen LogP contribution is 2.26. The van der Waals surface area contributed by atoms with Crippen molar-refractivity contribution >= 4 is 10.9 Å². The van der Waals surface area contributed by atoms with E-state index in [0.717, 1.165) is 28.8 Å². The van der Waals surface area contributed by atoms with Crippen molar-refractivity contribution in [1.29, 1.82) is 0 Å². The maximum Gasteiger partial charge on any atom is 0.119 e. The third-order valence-corrected chi connectivity index (χ3v) is 3.54. The molecule has 1 aromatic heterocycles. The van der Waals surface area contributed by atoms with Gasteiger partial charge in [0.1, 0.15) is 5.75 Å². The summed E-state index contributed by atoms with van der Waals surface area (Å²) in [5.74, 6) is 0.810. The smallest absolute Gasteiger partial charge is 0.119 e. The van der Waals surface area contributed by atoms with Crippen molar-refractivity contribution in [3.63, 3.8) is 0 Å². The number of rotatable bonds is 4. The lowest BCUT2D eigenvalue weighted by Crippen LogP contribution is -1.97. The molecule has 3 aromatic rings. The van der Waals surface area contributed by atoms with Crippen LogP contribution in [0.4, 0.5) is 0 Å². The van der Waals surface area contributed by atoms with Crippen molar-refractivity contribution in [1.82, 2.24) is 4.57 Å². The van der Waals surface area contributed by atoms with Crippen molar-refractivity contribution in [2.45, 2.75) is 13.2 Å². The van der Waals surface area contributed by atoms with E-state index in [2.05, 4.69) is 16.7 Å². The molecule has 0 radical (unpaired) electrons. The number of benzene rings is 2. The summed E-state index contributed by atoms with van der Waals surface area (Å²) in [6, 6.07) is 16.3. The van der Waals surface area contributed by atoms with Gasteiger partial charge in [-0.05, 0) is 23.8 Å². The highest BCUT2D eigenvalue weighted by atomic mass is 16.5. The quantitative estimate of drug-likeness (QED) is 0.787. The molecule has 0 saturated heterocycles. The third kappa shape index (κ3) is 2.28. The molecule has 1 N–H and O–H groups in total. The predicted octanol–water partition coefficient (Wildman–Crippen LogP) is 3.19. The van der Waals surface area contributed by atoms with E-state index < -0.39 is 0 Å². The van der Waals surface area contributed by atoms with Crippen molar-refractivity contribution in [3.05, 3.63) is 65.9 Å². The lowest BCUT2D eigenvalue weighted by Gasteiger charge is -2.06. The summed E-state index contributed by atoms with van der Waals surface area (Å²) in [6.45, 7) is 0.828. The second-order valence-corrected chi connectivity index (χ2v) is 4.81. The average Bonchev–Trinajstić information content (AvgIpc) is 2.85. The molecule has 1 heterocycles. The van der Waals surface area contributed by atoms with Crippen LogP contribution >= 0.6 is 0 Å². The first-order valence-corrected chi connectivity index (χ1v) is 6.62. The number of hydrogen-bond acceptors (Lipinski definition) is 2. The molecule has 102 valence electrons. The van der Waals surface area contributed by atoms with Crippen molar-refractivity contribution in [2.24, 2.45) is 0 Å². The summed E-state index contributed by atoms with van der Waals surface area (Å²) in [4.78, 5) is 0. The molecule has 3 nitrogen and oxygen atoms in total. The fourth-order valence-electron chi connectivity index (χ4n) is 2.51. The minimum atomic E-state index is 0.0332. The Morgan fingerprint density at radius 3 is 2.60 bits per heavy atom. The Balaban J connectivity index is 2.07. The van der Waals surface area contributed by atoms with Gasteiger partial charge in [0.05, 0.1) is 13.7 Å². The highest BCUT2D eigenvalue weighted by molar-refractivity contribution is 5.85. The molecule has 0 atom stereocenters. The van der Waals surface area contributed by atoms with Crippen LogP contribution in [0.25, 0.3) is 10.9 Å². The third-order valence-electron chi connectivity index (χ3n) is 3.54. The molecule has 0 unspecified atom stereocenters. The number of hydrogen-bond donors (Lipinski definition) is 1. The van der Waals surface area contributed by atoms with Crippen molar-refractivity contribution in [3.8, 4) is 5.75 Å². The van der Waals surface area contributed by atoms with Crippen LogP contribution in [0.5, 0.6) is 5.75 Å². The number of methoxy groups -OCH3 is 1. The van der Waals surface area contributed by atoms with E-state index >= 15 is 0 Å². The van der Waals surface area contributed by atoms with Crippen LogP contribution in [0.15, 0.2) is 54.7 Å². The van der Waals surface area contributed by atoms with Gasteiger partial charge in [0, 0.05) is 29.2 Å². The van der Waals surface area contributed by atoms with E-state index in [1.807, 2.05) is 42.6 Å².